The van der Waals surface area contributed by atoms with E-state index in [2.05, 4.69) is 10.3 Å². The third-order valence-electron chi connectivity index (χ3n) is 7.71. The number of ether oxygens (including phenoxy) is 3. The molecule has 2 aliphatic rings. The lowest BCUT2D eigenvalue weighted by Gasteiger charge is -2.36. The SMILES string of the molecule is CCCCOc1c(C(=O)NCc2ccc(F)cc2)nc2c(N3CCN(C(=O)OC(C)(C)C)CC3=O)cc(N3CCOCC3)cn2c1=O. The van der Waals surface area contributed by atoms with Crippen LogP contribution in [-0.4, -0.2) is 90.3 Å². The monoisotopic (exact) mass is 652 g/mol. The van der Waals surface area contributed by atoms with Gasteiger partial charge in [-0.25, -0.2) is 14.2 Å². The number of nitrogens with one attached hydrogen (secondary N) is 1. The Morgan fingerprint density at radius 1 is 1.06 bits per heavy atom. The third-order valence-corrected chi connectivity index (χ3v) is 7.71. The molecule has 47 heavy (non-hydrogen) atoms. The molecule has 0 bridgehead atoms. The first-order valence-electron chi connectivity index (χ1n) is 15.8. The Morgan fingerprint density at radius 3 is 2.45 bits per heavy atom. The number of hydrogen-bond acceptors (Lipinski definition) is 9. The Balaban J connectivity index is 1.57. The number of aromatic nitrogens is 2. The van der Waals surface area contributed by atoms with Crippen molar-refractivity contribution in [3.8, 4) is 5.75 Å². The molecule has 0 spiro atoms. The molecule has 0 atom stereocenters. The number of pyridine rings is 1. The summed E-state index contributed by atoms with van der Waals surface area (Å²) in [5.74, 6) is -1.67. The minimum Gasteiger partial charge on any atom is -0.486 e. The number of amides is 3. The number of carbonyl (C=O) groups excluding carboxylic acids is 3. The predicted molar refractivity (Wildman–Crippen MR) is 173 cm³/mol. The van der Waals surface area contributed by atoms with E-state index in [9.17, 15) is 23.6 Å². The van der Waals surface area contributed by atoms with E-state index in [1.165, 1.54) is 26.3 Å². The van der Waals surface area contributed by atoms with Gasteiger partial charge in [0.15, 0.2) is 11.3 Å². The van der Waals surface area contributed by atoms with E-state index in [1.54, 1.807) is 45.2 Å². The van der Waals surface area contributed by atoms with Crippen LogP contribution < -0.4 is 25.4 Å². The summed E-state index contributed by atoms with van der Waals surface area (Å²) in [6.45, 7) is 9.66. The van der Waals surface area contributed by atoms with Gasteiger partial charge in [-0.05, 0) is 51.0 Å². The number of piperazine rings is 1. The lowest BCUT2D eigenvalue weighted by Crippen LogP contribution is -2.53. The van der Waals surface area contributed by atoms with Crippen molar-refractivity contribution in [1.29, 1.82) is 0 Å². The second-order valence-electron chi connectivity index (χ2n) is 12.4. The molecule has 5 rings (SSSR count). The number of nitrogens with zero attached hydrogens (tertiary/aromatic N) is 5. The summed E-state index contributed by atoms with van der Waals surface area (Å²) in [6.07, 6.45) is 2.49. The summed E-state index contributed by atoms with van der Waals surface area (Å²) in [5.41, 5.74) is 0.150. The Hall–Kier alpha value is -4.72. The number of hydrogen-bond donors (Lipinski definition) is 1. The molecular formula is C33H41FN6O7. The molecule has 2 fully saturated rings. The number of benzene rings is 1. The van der Waals surface area contributed by atoms with Gasteiger partial charge >= 0.3 is 11.7 Å². The zero-order valence-corrected chi connectivity index (χ0v) is 27.2. The van der Waals surface area contributed by atoms with Crippen LogP contribution in [0.1, 0.15) is 56.6 Å². The number of halogens is 1. The van der Waals surface area contributed by atoms with Gasteiger partial charge in [0.2, 0.25) is 11.7 Å². The highest BCUT2D eigenvalue weighted by atomic mass is 19.1. The first-order valence-corrected chi connectivity index (χ1v) is 15.8. The molecule has 2 aromatic heterocycles. The lowest BCUT2D eigenvalue weighted by molar-refractivity contribution is -0.121. The maximum Gasteiger partial charge on any atom is 0.410 e. The Labute approximate surface area is 272 Å². The van der Waals surface area contributed by atoms with Gasteiger partial charge in [0.1, 0.15) is 18.0 Å². The van der Waals surface area contributed by atoms with Gasteiger partial charge < -0.3 is 29.3 Å². The molecule has 2 saturated heterocycles. The van der Waals surface area contributed by atoms with Crippen LogP contribution in [0.25, 0.3) is 5.65 Å². The first kappa shape index (κ1) is 33.6. The van der Waals surface area contributed by atoms with Crippen LogP contribution in [0.5, 0.6) is 5.75 Å². The molecule has 4 heterocycles. The van der Waals surface area contributed by atoms with Gasteiger partial charge in [-0.1, -0.05) is 25.5 Å². The van der Waals surface area contributed by atoms with Crippen molar-refractivity contribution >= 4 is 34.9 Å². The summed E-state index contributed by atoms with van der Waals surface area (Å²) in [4.78, 5) is 63.6. The Kier molecular flexibility index (Phi) is 10.3. The molecule has 1 N–H and O–H groups in total. The molecule has 0 saturated carbocycles. The van der Waals surface area contributed by atoms with E-state index in [4.69, 9.17) is 14.2 Å². The van der Waals surface area contributed by atoms with Crippen LogP contribution in [0.4, 0.5) is 20.6 Å². The molecule has 0 radical (unpaired) electrons. The molecule has 13 nitrogen and oxygen atoms in total. The van der Waals surface area contributed by atoms with Gasteiger partial charge in [-0.15, -0.1) is 0 Å². The molecule has 14 heteroatoms. The molecule has 2 aliphatic heterocycles. The third kappa shape index (κ3) is 7.99. The van der Waals surface area contributed by atoms with Crippen LogP contribution in [-0.2, 0) is 20.8 Å². The topological polar surface area (TPSA) is 135 Å². The second kappa shape index (κ2) is 14.4. The Morgan fingerprint density at radius 2 is 1.79 bits per heavy atom. The smallest absolute Gasteiger partial charge is 0.410 e. The van der Waals surface area contributed by atoms with Gasteiger partial charge in [0.25, 0.3) is 5.91 Å². The minimum atomic E-state index is -0.727. The van der Waals surface area contributed by atoms with Gasteiger partial charge in [0, 0.05) is 38.9 Å². The number of morpholine rings is 1. The average Bonchev–Trinajstić information content (AvgIpc) is 3.04. The largest absolute Gasteiger partial charge is 0.486 e. The highest BCUT2D eigenvalue weighted by Gasteiger charge is 2.33. The van der Waals surface area contributed by atoms with Crippen LogP contribution in [0.2, 0.25) is 0 Å². The van der Waals surface area contributed by atoms with Crippen molar-refractivity contribution in [3.05, 3.63) is 64.0 Å². The fourth-order valence-electron chi connectivity index (χ4n) is 5.27. The van der Waals surface area contributed by atoms with Crippen LogP contribution >= 0.6 is 0 Å². The lowest BCUT2D eigenvalue weighted by atomic mass is 10.2. The van der Waals surface area contributed by atoms with Gasteiger partial charge in [-0.2, -0.15) is 0 Å². The fourth-order valence-corrected chi connectivity index (χ4v) is 5.27. The summed E-state index contributed by atoms with van der Waals surface area (Å²) in [6, 6.07) is 7.44. The first-order chi connectivity index (χ1) is 22.4. The van der Waals surface area contributed by atoms with E-state index >= 15 is 0 Å². The standard InChI is InChI=1S/C33H41FN6O7/c1-5-6-15-46-28-27(30(42)35-19-22-7-9-23(34)10-8-22)36-29-25(18-24(20-40(29)31(28)43)37-13-16-45-17-14-37)39-12-11-38(21-26(39)41)32(44)47-33(2,3)4/h7-10,18,20H,5-6,11-17,19,21H2,1-4H3,(H,35,42). The zero-order valence-electron chi connectivity index (χ0n) is 27.2. The summed E-state index contributed by atoms with van der Waals surface area (Å²) in [7, 11) is 0. The van der Waals surface area contributed by atoms with Crippen molar-refractivity contribution in [2.45, 2.75) is 52.7 Å². The van der Waals surface area contributed by atoms with Crippen molar-refractivity contribution in [3.63, 3.8) is 0 Å². The van der Waals surface area contributed by atoms with Crippen molar-refractivity contribution in [1.82, 2.24) is 19.6 Å². The average molecular weight is 653 g/mol. The van der Waals surface area contributed by atoms with E-state index in [0.717, 1.165) is 6.42 Å². The van der Waals surface area contributed by atoms with Crippen LogP contribution in [0.3, 0.4) is 0 Å². The number of carbonyl (C=O) groups is 3. The normalized spacial score (nSPS) is 15.6. The van der Waals surface area contributed by atoms with E-state index in [1.807, 2.05) is 11.8 Å². The molecule has 0 unspecified atom stereocenters. The fraction of sp³-hybridized carbons (Fsp3) is 0.485. The summed E-state index contributed by atoms with van der Waals surface area (Å²) < 4.78 is 31.6. The minimum absolute atomic E-state index is 0.0580. The second-order valence-corrected chi connectivity index (χ2v) is 12.4. The highest BCUT2D eigenvalue weighted by molar-refractivity contribution is 6.01. The molecule has 252 valence electrons. The zero-order chi connectivity index (χ0) is 33.7. The summed E-state index contributed by atoms with van der Waals surface area (Å²) in [5, 5.41) is 2.75. The van der Waals surface area contributed by atoms with Gasteiger partial charge in [0.05, 0.1) is 31.2 Å². The molecule has 3 aromatic rings. The molecule has 3 amide bonds. The van der Waals surface area contributed by atoms with Gasteiger partial charge in [-0.3, -0.25) is 23.7 Å². The maximum atomic E-state index is 14.1. The summed E-state index contributed by atoms with van der Waals surface area (Å²) >= 11 is 0. The maximum absolute atomic E-state index is 14.1. The Bertz CT molecular complexity index is 1680. The number of fused-ring (bicyclic) bond motifs is 1. The molecule has 1 aromatic carbocycles. The quantitative estimate of drug-likeness (QED) is 0.345. The number of unbranched alkanes of at least 4 members (excludes halogenated alkanes) is 1. The van der Waals surface area contributed by atoms with E-state index in [0.29, 0.717) is 49.7 Å². The van der Waals surface area contributed by atoms with Crippen LogP contribution in [0, 0.1) is 5.82 Å². The van der Waals surface area contributed by atoms with E-state index < -0.39 is 34.9 Å². The highest BCUT2D eigenvalue weighted by Crippen LogP contribution is 2.30. The number of anilines is 2. The van der Waals surface area contributed by atoms with E-state index in [-0.39, 0.29) is 49.9 Å². The van der Waals surface area contributed by atoms with Crippen molar-refractivity contribution < 1.29 is 33.0 Å². The van der Waals surface area contributed by atoms with Crippen molar-refractivity contribution in [2.75, 3.05) is 62.3 Å². The molecular weight excluding hydrogens is 611 g/mol. The molecule has 0 aliphatic carbocycles. The van der Waals surface area contributed by atoms with Crippen LogP contribution in [0.15, 0.2) is 41.3 Å². The predicted octanol–water partition coefficient (Wildman–Crippen LogP) is 3.36. The van der Waals surface area contributed by atoms with Crippen molar-refractivity contribution in [2.24, 2.45) is 0 Å². The number of rotatable bonds is 9.